The van der Waals surface area contributed by atoms with E-state index in [4.69, 9.17) is 5.11 Å². The minimum absolute atomic E-state index is 0.204. The van der Waals surface area contributed by atoms with Crippen LogP contribution in [0.1, 0.15) is 38.2 Å². The predicted molar refractivity (Wildman–Crippen MR) is 62.4 cm³/mol. The Bertz CT molecular complexity index is 347. The molecule has 2 N–H and O–H groups in total. The Morgan fingerprint density at radius 2 is 1.88 bits per heavy atom. The van der Waals surface area contributed by atoms with Gasteiger partial charge in [0.2, 0.25) is 0 Å². The molecule has 0 spiro atoms. The van der Waals surface area contributed by atoms with E-state index in [1.54, 1.807) is 6.92 Å². The quantitative estimate of drug-likeness (QED) is 0.804. The summed E-state index contributed by atoms with van der Waals surface area (Å²) >= 11 is 0. The molecule has 1 aromatic rings. The molecule has 0 aromatic heterocycles. The largest absolute Gasteiger partial charge is 0.479 e. The molecule has 0 amide bonds. The number of carboxylic acid groups (broad SMARTS) is 1. The first kappa shape index (κ1) is 12.7. The summed E-state index contributed by atoms with van der Waals surface area (Å²) in [5, 5.41) is 19.4. The van der Waals surface area contributed by atoms with Crippen LogP contribution >= 0.6 is 0 Å². The Hall–Kier alpha value is -1.35. The molecule has 1 rings (SSSR count). The van der Waals surface area contributed by atoms with Gasteiger partial charge in [0.15, 0.2) is 5.60 Å². The maximum atomic E-state index is 11.2. The van der Waals surface area contributed by atoms with E-state index < -0.39 is 11.6 Å². The van der Waals surface area contributed by atoms with Crippen LogP contribution in [-0.2, 0) is 4.79 Å². The molecule has 3 heteroatoms. The molecule has 0 saturated heterocycles. The summed E-state index contributed by atoms with van der Waals surface area (Å²) in [6, 6.07) is 9.31. The average Bonchev–Trinajstić information content (AvgIpc) is 2.30. The maximum absolute atomic E-state index is 11.2. The lowest BCUT2D eigenvalue weighted by molar-refractivity contribution is -0.161. The van der Waals surface area contributed by atoms with Crippen LogP contribution in [0, 0.1) is 0 Å². The number of aliphatic hydroxyl groups is 1. The summed E-state index contributed by atoms with van der Waals surface area (Å²) in [7, 11) is 0. The smallest absolute Gasteiger partial charge is 0.336 e. The van der Waals surface area contributed by atoms with Gasteiger partial charge in [-0.25, -0.2) is 4.79 Å². The Morgan fingerprint density at radius 3 is 2.25 bits per heavy atom. The molecule has 3 nitrogen and oxygen atoms in total. The van der Waals surface area contributed by atoms with Gasteiger partial charge in [0, 0.05) is 5.92 Å². The Labute approximate surface area is 95.7 Å². The van der Waals surface area contributed by atoms with Gasteiger partial charge in [-0.15, -0.1) is 0 Å². The molecule has 0 heterocycles. The summed E-state index contributed by atoms with van der Waals surface area (Å²) in [5.74, 6) is -1.51. The van der Waals surface area contributed by atoms with Crippen molar-refractivity contribution in [3.63, 3.8) is 0 Å². The van der Waals surface area contributed by atoms with Gasteiger partial charge in [-0.2, -0.15) is 0 Å². The van der Waals surface area contributed by atoms with Crippen molar-refractivity contribution in [3.05, 3.63) is 35.9 Å². The molecule has 2 atom stereocenters. The molecule has 0 fully saturated rings. The zero-order chi connectivity index (χ0) is 12.2. The summed E-state index contributed by atoms with van der Waals surface area (Å²) in [6.07, 6.45) is 0.802. The third-order valence-electron chi connectivity index (χ3n) is 3.10. The van der Waals surface area contributed by atoms with Crippen molar-refractivity contribution < 1.29 is 15.0 Å². The van der Waals surface area contributed by atoms with E-state index in [9.17, 15) is 9.90 Å². The fraction of sp³-hybridized carbons (Fsp3) is 0.462. The molecule has 0 aliphatic rings. The van der Waals surface area contributed by atoms with Gasteiger partial charge in [-0.3, -0.25) is 0 Å². The van der Waals surface area contributed by atoms with E-state index in [0.29, 0.717) is 6.42 Å². The lowest BCUT2D eigenvalue weighted by atomic mass is 9.78. The number of aliphatic carboxylic acids is 1. The van der Waals surface area contributed by atoms with Crippen molar-refractivity contribution >= 4 is 5.97 Å². The SMILES string of the molecule is CCC(c1ccccc1)C(O)(CC)C(=O)O. The molecule has 0 aliphatic heterocycles. The first-order valence-corrected chi connectivity index (χ1v) is 5.57. The summed E-state index contributed by atoms with van der Waals surface area (Å²) < 4.78 is 0. The molecule has 16 heavy (non-hydrogen) atoms. The predicted octanol–water partition coefficient (Wildman–Crippen LogP) is 2.41. The van der Waals surface area contributed by atoms with Gasteiger partial charge >= 0.3 is 5.97 Å². The van der Waals surface area contributed by atoms with Gasteiger partial charge in [0.1, 0.15) is 0 Å². The second-order valence-electron chi connectivity index (χ2n) is 3.95. The van der Waals surface area contributed by atoms with Crippen LogP contribution in [-0.4, -0.2) is 21.8 Å². The summed E-state index contributed by atoms with van der Waals surface area (Å²) in [5.41, 5.74) is -0.799. The second kappa shape index (κ2) is 5.12. The normalized spacial score (nSPS) is 16.4. The lowest BCUT2D eigenvalue weighted by Crippen LogP contribution is -2.43. The molecule has 0 aliphatic carbocycles. The van der Waals surface area contributed by atoms with Crippen molar-refractivity contribution in [1.29, 1.82) is 0 Å². The monoisotopic (exact) mass is 222 g/mol. The molecule has 2 unspecified atom stereocenters. The van der Waals surface area contributed by atoms with Gasteiger partial charge in [-0.05, 0) is 18.4 Å². The standard InChI is InChI=1S/C13H18O3/c1-3-11(10-8-6-5-7-9-10)13(16,4-2)12(14)15/h5-9,11,16H,3-4H2,1-2H3,(H,14,15). The zero-order valence-electron chi connectivity index (χ0n) is 9.68. The number of hydrogen-bond acceptors (Lipinski definition) is 2. The number of carboxylic acids is 1. The Morgan fingerprint density at radius 1 is 1.31 bits per heavy atom. The second-order valence-corrected chi connectivity index (χ2v) is 3.95. The van der Waals surface area contributed by atoms with E-state index in [-0.39, 0.29) is 12.3 Å². The topological polar surface area (TPSA) is 57.5 Å². The van der Waals surface area contributed by atoms with Crippen molar-refractivity contribution in [1.82, 2.24) is 0 Å². The fourth-order valence-corrected chi connectivity index (χ4v) is 2.08. The van der Waals surface area contributed by atoms with Crippen LogP contribution in [0.25, 0.3) is 0 Å². The fourth-order valence-electron chi connectivity index (χ4n) is 2.08. The van der Waals surface area contributed by atoms with Gasteiger partial charge in [0.05, 0.1) is 0 Å². The molecule has 0 saturated carbocycles. The van der Waals surface area contributed by atoms with E-state index in [2.05, 4.69) is 0 Å². The van der Waals surface area contributed by atoms with Crippen LogP contribution < -0.4 is 0 Å². The third kappa shape index (κ3) is 2.25. The number of carbonyl (C=O) groups is 1. The first-order chi connectivity index (χ1) is 7.56. The van der Waals surface area contributed by atoms with Crippen molar-refractivity contribution in [3.8, 4) is 0 Å². The molecular formula is C13H18O3. The van der Waals surface area contributed by atoms with Crippen LogP contribution in [0.3, 0.4) is 0 Å². The minimum Gasteiger partial charge on any atom is -0.479 e. The highest BCUT2D eigenvalue weighted by atomic mass is 16.4. The van der Waals surface area contributed by atoms with E-state index in [1.807, 2.05) is 37.3 Å². The van der Waals surface area contributed by atoms with Crippen molar-refractivity contribution in [2.75, 3.05) is 0 Å². The van der Waals surface area contributed by atoms with Crippen molar-refractivity contribution in [2.24, 2.45) is 0 Å². The Kier molecular flexibility index (Phi) is 4.07. The molecule has 88 valence electrons. The van der Waals surface area contributed by atoms with Crippen LogP contribution in [0.2, 0.25) is 0 Å². The highest BCUT2D eigenvalue weighted by Gasteiger charge is 2.42. The average molecular weight is 222 g/mol. The van der Waals surface area contributed by atoms with Crippen molar-refractivity contribution in [2.45, 2.75) is 38.2 Å². The lowest BCUT2D eigenvalue weighted by Gasteiger charge is -2.31. The number of benzene rings is 1. The van der Waals surface area contributed by atoms with Gasteiger partial charge in [-0.1, -0.05) is 44.2 Å². The molecular weight excluding hydrogens is 204 g/mol. The van der Waals surface area contributed by atoms with Crippen LogP contribution in [0.5, 0.6) is 0 Å². The summed E-state index contributed by atoms with van der Waals surface area (Å²) in [6.45, 7) is 3.58. The zero-order valence-corrected chi connectivity index (χ0v) is 9.68. The summed E-state index contributed by atoms with van der Waals surface area (Å²) in [4.78, 5) is 11.2. The van der Waals surface area contributed by atoms with Gasteiger partial charge < -0.3 is 10.2 Å². The van der Waals surface area contributed by atoms with Crippen LogP contribution in [0.4, 0.5) is 0 Å². The van der Waals surface area contributed by atoms with E-state index in [0.717, 1.165) is 5.56 Å². The Balaban J connectivity index is 3.11. The van der Waals surface area contributed by atoms with Gasteiger partial charge in [0.25, 0.3) is 0 Å². The maximum Gasteiger partial charge on any atom is 0.336 e. The highest BCUT2D eigenvalue weighted by molar-refractivity contribution is 5.78. The molecule has 0 bridgehead atoms. The number of rotatable bonds is 5. The number of hydrogen-bond donors (Lipinski definition) is 2. The van der Waals surface area contributed by atoms with E-state index >= 15 is 0 Å². The highest BCUT2D eigenvalue weighted by Crippen LogP contribution is 2.34. The third-order valence-corrected chi connectivity index (χ3v) is 3.10. The molecule has 1 aromatic carbocycles. The van der Waals surface area contributed by atoms with E-state index in [1.165, 1.54) is 0 Å². The minimum atomic E-state index is -1.67. The molecule has 0 radical (unpaired) electrons. The first-order valence-electron chi connectivity index (χ1n) is 5.57. The van der Waals surface area contributed by atoms with Crippen LogP contribution in [0.15, 0.2) is 30.3 Å².